The van der Waals surface area contributed by atoms with Gasteiger partial charge in [0.05, 0.1) is 0 Å². The predicted molar refractivity (Wildman–Crippen MR) is 59.4 cm³/mol. The molecule has 0 aromatic heterocycles. The van der Waals surface area contributed by atoms with Gasteiger partial charge in [0.25, 0.3) is 0 Å². The normalized spacial score (nSPS) is 21.6. The molecule has 1 rings (SSSR count). The third kappa shape index (κ3) is 3.08. The predicted octanol–water partition coefficient (Wildman–Crippen LogP) is -0.620. The number of urea groups is 1. The van der Waals surface area contributed by atoms with E-state index < -0.39 is 24.1 Å². The van der Waals surface area contributed by atoms with Crippen LogP contribution >= 0.6 is 0 Å². The van der Waals surface area contributed by atoms with Gasteiger partial charge in [0.15, 0.2) is 0 Å². The molecule has 0 saturated carbocycles. The number of carboxylic acid groups (broad SMARTS) is 1. The lowest BCUT2D eigenvalue weighted by atomic mass is 10.2. The summed E-state index contributed by atoms with van der Waals surface area (Å²) in [5, 5.41) is 13.8. The molecule has 0 bridgehead atoms. The first kappa shape index (κ1) is 13.3. The van der Waals surface area contributed by atoms with Gasteiger partial charge in [-0.3, -0.25) is 4.79 Å². The van der Waals surface area contributed by atoms with Gasteiger partial charge in [-0.25, -0.2) is 9.59 Å². The number of carbonyl (C=O) groups is 3. The fraction of sp³-hybridized carbons (Fsp3) is 0.700. The maximum Gasteiger partial charge on any atom is 0.326 e. The van der Waals surface area contributed by atoms with Crippen molar-refractivity contribution in [2.45, 2.75) is 32.4 Å². The zero-order valence-electron chi connectivity index (χ0n) is 9.90. The van der Waals surface area contributed by atoms with Gasteiger partial charge >= 0.3 is 12.0 Å². The second kappa shape index (κ2) is 5.51. The number of aliphatic carboxylic acids is 1. The van der Waals surface area contributed by atoms with E-state index in [0.29, 0.717) is 19.5 Å². The molecule has 0 aromatic rings. The molecule has 1 heterocycles. The van der Waals surface area contributed by atoms with Gasteiger partial charge in [-0.15, -0.1) is 0 Å². The third-order valence-electron chi connectivity index (χ3n) is 2.76. The second-order valence-electron chi connectivity index (χ2n) is 3.91. The average molecular weight is 243 g/mol. The quantitative estimate of drug-likeness (QED) is 0.615. The Hall–Kier alpha value is -1.79. The molecular weight excluding hydrogens is 226 g/mol. The van der Waals surface area contributed by atoms with Gasteiger partial charge in [0.1, 0.15) is 12.1 Å². The van der Waals surface area contributed by atoms with E-state index in [1.165, 1.54) is 4.90 Å². The Morgan fingerprint density at radius 3 is 2.82 bits per heavy atom. The lowest BCUT2D eigenvalue weighted by Crippen LogP contribution is -2.59. The molecule has 17 heavy (non-hydrogen) atoms. The molecule has 0 aromatic carbocycles. The first-order valence-electron chi connectivity index (χ1n) is 5.55. The fourth-order valence-electron chi connectivity index (χ4n) is 1.63. The summed E-state index contributed by atoms with van der Waals surface area (Å²) in [6.07, 6.45) is 0.301. The lowest BCUT2D eigenvalue weighted by molar-refractivity contribution is -0.139. The zero-order valence-corrected chi connectivity index (χ0v) is 9.90. The van der Waals surface area contributed by atoms with Crippen molar-refractivity contribution in [2.24, 2.45) is 0 Å². The summed E-state index contributed by atoms with van der Waals surface area (Å²) in [5.41, 5.74) is 0. The molecule has 7 nitrogen and oxygen atoms in total. The summed E-state index contributed by atoms with van der Waals surface area (Å²) in [5.74, 6) is -1.30. The van der Waals surface area contributed by atoms with Crippen molar-refractivity contribution in [1.82, 2.24) is 15.5 Å². The Labute approximate surface area is 99.2 Å². The molecule has 7 heteroatoms. The van der Waals surface area contributed by atoms with Crippen LogP contribution < -0.4 is 10.6 Å². The van der Waals surface area contributed by atoms with Crippen molar-refractivity contribution in [1.29, 1.82) is 0 Å². The van der Waals surface area contributed by atoms with E-state index in [1.54, 1.807) is 13.8 Å². The molecule has 1 fully saturated rings. The molecule has 0 radical (unpaired) electrons. The molecule has 1 aliphatic rings. The topological polar surface area (TPSA) is 98.7 Å². The van der Waals surface area contributed by atoms with Crippen molar-refractivity contribution in [3.05, 3.63) is 0 Å². The minimum atomic E-state index is -1.07. The van der Waals surface area contributed by atoms with Gasteiger partial charge < -0.3 is 20.6 Å². The second-order valence-corrected chi connectivity index (χ2v) is 3.91. The summed E-state index contributed by atoms with van der Waals surface area (Å²) in [4.78, 5) is 35.3. The van der Waals surface area contributed by atoms with E-state index in [1.807, 2.05) is 0 Å². The molecule has 3 N–H and O–H groups in total. The minimum absolute atomic E-state index is 0.227. The summed E-state index contributed by atoms with van der Waals surface area (Å²) in [6, 6.07) is -2.00. The van der Waals surface area contributed by atoms with Crippen molar-refractivity contribution in [2.75, 3.05) is 13.1 Å². The molecule has 3 amide bonds. The van der Waals surface area contributed by atoms with E-state index in [2.05, 4.69) is 10.6 Å². The molecule has 2 atom stereocenters. The first-order chi connectivity index (χ1) is 7.97. The molecule has 0 aliphatic carbocycles. The highest BCUT2D eigenvalue weighted by Gasteiger charge is 2.31. The third-order valence-corrected chi connectivity index (χ3v) is 2.76. The maximum atomic E-state index is 11.8. The van der Waals surface area contributed by atoms with Crippen LogP contribution in [0.3, 0.4) is 0 Å². The van der Waals surface area contributed by atoms with E-state index in [4.69, 9.17) is 5.11 Å². The van der Waals surface area contributed by atoms with Crippen LogP contribution in [-0.4, -0.2) is 53.1 Å². The Morgan fingerprint density at radius 1 is 1.65 bits per heavy atom. The van der Waals surface area contributed by atoms with Gasteiger partial charge in [-0.2, -0.15) is 0 Å². The Balaban J connectivity index is 2.63. The van der Waals surface area contributed by atoms with E-state index in [9.17, 15) is 14.4 Å². The number of nitrogens with zero attached hydrogens (tertiary/aromatic N) is 1. The Bertz CT molecular complexity index is 332. The average Bonchev–Trinajstić information content (AvgIpc) is 2.28. The number of nitrogens with one attached hydrogen (secondary N) is 2. The number of hydrogen-bond acceptors (Lipinski definition) is 3. The van der Waals surface area contributed by atoms with Crippen LogP contribution in [0, 0.1) is 0 Å². The molecular formula is C10H17N3O4. The Morgan fingerprint density at radius 2 is 2.29 bits per heavy atom. The SMILES string of the molecule is CC[C@H](NC(=O)N1CCNC(=O)C1C)C(=O)O. The van der Waals surface area contributed by atoms with Crippen LogP contribution in [-0.2, 0) is 9.59 Å². The van der Waals surface area contributed by atoms with Crippen LogP contribution in [0.4, 0.5) is 4.79 Å². The zero-order chi connectivity index (χ0) is 13.0. The number of piperazine rings is 1. The van der Waals surface area contributed by atoms with Crippen LogP contribution in [0.2, 0.25) is 0 Å². The van der Waals surface area contributed by atoms with E-state index >= 15 is 0 Å². The number of hydrogen-bond donors (Lipinski definition) is 3. The summed E-state index contributed by atoms with van der Waals surface area (Å²) in [6.45, 7) is 4.05. The highest BCUT2D eigenvalue weighted by atomic mass is 16.4. The lowest BCUT2D eigenvalue weighted by Gasteiger charge is -2.33. The smallest absolute Gasteiger partial charge is 0.326 e. The van der Waals surface area contributed by atoms with Crippen molar-refractivity contribution in [3.8, 4) is 0 Å². The molecule has 1 aliphatic heterocycles. The minimum Gasteiger partial charge on any atom is -0.480 e. The standard InChI is InChI=1S/C10H17N3O4/c1-3-7(9(15)16)12-10(17)13-5-4-11-8(14)6(13)2/h6-7H,3-5H2,1-2H3,(H,11,14)(H,12,17)(H,15,16)/t6?,7-/m0/s1. The highest BCUT2D eigenvalue weighted by molar-refractivity contribution is 5.89. The van der Waals surface area contributed by atoms with Crippen LogP contribution in [0.5, 0.6) is 0 Å². The van der Waals surface area contributed by atoms with Crippen molar-refractivity contribution < 1.29 is 19.5 Å². The van der Waals surface area contributed by atoms with Crippen LogP contribution in [0.15, 0.2) is 0 Å². The van der Waals surface area contributed by atoms with Crippen LogP contribution in [0.1, 0.15) is 20.3 Å². The number of carbonyl (C=O) groups excluding carboxylic acids is 2. The van der Waals surface area contributed by atoms with Gasteiger partial charge in [0, 0.05) is 13.1 Å². The summed E-state index contributed by atoms with van der Waals surface area (Å²) < 4.78 is 0. The van der Waals surface area contributed by atoms with Gasteiger partial charge in [0.2, 0.25) is 5.91 Å². The fourth-order valence-corrected chi connectivity index (χ4v) is 1.63. The number of carboxylic acids is 1. The molecule has 0 spiro atoms. The largest absolute Gasteiger partial charge is 0.480 e. The van der Waals surface area contributed by atoms with Gasteiger partial charge in [-0.1, -0.05) is 6.92 Å². The summed E-state index contributed by atoms with van der Waals surface area (Å²) >= 11 is 0. The molecule has 1 unspecified atom stereocenters. The van der Waals surface area contributed by atoms with Crippen molar-refractivity contribution in [3.63, 3.8) is 0 Å². The summed E-state index contributed by atoms with van der Waals surface area (Å²) in [7, 11) is 0. The van der Waals surface area contributed by atoms with Crippen molar-refractivity contribution >= 4 is 17.9 Å². The number of rotatable bonds is 3. The van der Waals surface area contributed by atoms with E-state index in [0.717, 1.165) is 0 Å². The molecule has 96 valence electrons. The number of amides is 3. The van der Waals surface area contributed by atoms with E-state index in [-0.39, 0.29) is 5.91 Å². The van der Waals surface area contributed by atoms with Gasteiger partial charge in [-0.05, 0) is 13.3 Å². The molecule has 1 saturated heterocycles. The van der Waals surface area contributed by atoms with Crippen LogP contribution in [0.25, 0.3) is 0 Å². The first-order valence-corrected chi connectivity index (χ1v) is 5.55. The maximum absolute atomic E-state index is 11.8. The Kier molecular flexibility index (Phi) is 4.30. The highest BCUT2D eigenvalue weighted by Crippen LogP contribution is 2.05. The monoisotopic (exact) mass is 243 g/mol.